The Morgan fingerprint density at radius 3 is 2.52 bits per heavy atom. The van der Waals surface area contributed by atoms with Crippen molar-refractivity contribution in [1.29, 1.82) is 0 Å². The zero-order valence-corrected chi connectivity index (χ0v) is 16.0. The van der Waals surface area contributed by atoms with Gasteiger partial charge >= 0.3 is 0 Å². The first kappa shape index (κ1) is 17.9. The molecule has 4 aliphatic rings. The molecule has 0 radical (unpaired) electrons. The molecule has 7 atom stereocenters. The Bertz CT molecular complexity index is 673. The van der Waals surface area contributed by atoms with Crippen LogP contribution in [0, 0.1) is 34.5 Å². The van der Waals surface area contributed by atoms with E-state index in [4.69, 9.17) is 4.18 Å². The van der Waals surface area contributed by atoms with Gasteiger partial charge in [0.05, 0.1) is 6.10 Å². The molecule has 0 unspecified atom stereocenters. The molecule has 0 spiro atoms. The van der Waals surface area contributed by atoms with Gasteiger partial charge in [0, 0.05) is 11.8 Å². The van der Waals surface area contributed by atoms with Crippen molar-refractivity contribution in [2.75, 3.05) is 0 Å². The van der Waals surface area contributed by atoms with E-state index in [-0.39, 0.29) is 10.8 Å². The third-order valence-electron chi connectivity index (χ3n) is 8.58. The van der Waals surface area contributed by atoms with E-state index in [0.29, 0.717) is 42.3 Å². The lowest BCUT2D eigenvalue weighted by molar-refractivity contribution is -0.141. The first-order valence-corrected chi connectivity index (χ1v) is 11.1. The monoisotopic (exact) mass is 369 g/mol. The Balaban J connectivity index is 1.54. The van der Waals surface area contributed by atoms with Crippen LogP contribution in [-0.4, -0.2) is 24.9 Å². The predicted molar refractivity (Wildman–Crippen MR) is 91.3 cm³/mol. The van der Waals surface area contributed by atoms with Crippen molar-refractivity contribution in [3.05, 3.63) is 0 Å². The van der Waals surface area contributed by atoms with Crippen molar-refractivity contribution in [1.82, 2.24) is 0 Å². The number of hydrogen-bond donors (Lipinski definition) is 0. The summed E-state index contributed by atoms with van der Waals surface area (Å²) in [7, 11) is -4.62. The quantitative estimate of drug-likeness (QED) is 0.550. The average molecular weight is 370 g/mol. The summed E-state index contributed by atoms with van der Waals surface area (Å²) in [4.78, 5) is 12.4. The molecule has 4 fully saturated rings. The second-order valence-electron chi connectivity index (χ2n) is 9.48. The lowest BCUT2D eigenvalue weighted by Gasteiger charge is -2.60. The predicted octanol–water partition coefficient (Wildman–Crippen LogP) is 3.44. The number of carbonyl (C=O) groups excluding carboxylic acids is 1. The van der Waals surface area contributed by atoms with Gasteiger partial charge in [0.15, 0.2) is 0 Å². The molecular weight excluding hydrogens is 340 g/mol. The van der Waals surface area contributed by atoms with E-state index in [9.17, 15) is 17.8 Å². The van der Waals surface area contributed by atoms with Crippen LogP contribution in [0.15, 0.2) is 0 Å². The van der Waals surface area contributed by atoms with Crippen molar-refractivity contribution >= 4 is 16.2 Å². The Labute approximate surface area is 150 Å². The molecule has 0 heterocycles. The van der Waals surface area contributed by atoms with E-state index >= 15 is 0 Å². The van der Waals surface area contributed by atoms with Gasteiger partial charge in [-0.05, 0) is 80.5 Å². The third-order valence-corrected chi connectivity index (χ3v) is 9.09. The summed E-state index contributed by atoms with van der Waals surface area (Å²) in [5.74, 6) is 2.69. The smallest absolute Gasteiger partial charge is 0.217 e. The second-order valence-corrected chi connectivity index (χ2v) is 10.5. The molecule has 4 rings (SSSR count). The minimum atomic E-state index is -4.62. The third kappa shape index (κ3) is 2.79. The number of Topliss-reactive ketones (excluding diaryl/α,β-unsaturated/α-hetero) is 1. The zero-order chi connectivity index (χ0) is 18.0. The molecule has 0 N–H and O–H groups in total. The van der Waals surface area contributed by atoms with Gasteiger partial charge < -0.3 is 4.55 Å². The van der Waals surface area contributed by atoms with E-state index in [1.165, 1.54) is 0 Å². The molecular formula is C19H29O5S-. The first-order valence-electron chi connectivity index (χ1n) is 9.81. The topological polar surface area (TPSA) is 83.5 Å². The molecule has 5 nitrogen and oxygen atoms in total. The maximum atomic E-state index is 12.4. The summed E-state index contributed by atoms with van der Waals surface area (Å²) in [5, 5.41) is 0. The fraction of sp³-hybridized carbons (Fsp3) is 0.947. The van der Waals surface area contributed by atoms with Crippen molar-refractivity contribution in [2.24, 2.45) is 34.5 Å². The van der Waals surface area contributed by atoms with Crippen molar-refractivity contribution in [3.8, 4) is 0 Å². The van der Waals surface area contributed by atoms with Crippen molar-refractivity contribution < 1.29 is 21.9 Å². The normalized spacial score (nSPS) is 50.0. The summed E-state index contributed by atoms with van der Waals surface area (Å²) < 4.78 is 37.6. The largest absolute Gasteiger partial charge is 0.726 e. The van der Waals surface area contributed by atoms with Gasteiger partial charge in [-0.1, -0.05) is 13.8 Å². The average Bonchev–Trinajstić information content (AvgIpc) is 2.82. The lowest BCUT2D eigenvalue weighted by Crippen LogP contribution is -2.54. The molecule has 25 heavy (non-hydrogen) atoms. The van der Waals surface area contributed by atoms with Crippen LogP contribution in [0.5, 0.6) is 0 Å². The summed E-state index contributed by atoms with van der Waals surface area (Å²) in [6, 6.07) is 0. The lowest BCUT2D eigenvalue weighted by atomic mass is 9.45. The van der Waals surface area contributed by atoms with Gasteiger partial charge in [-0.3, -0.25) is 8.98 Å². The van der Waals surface area contributed by atoms with Crippen LogP contribution in [0.1, 0.15) is 71.6 Å². The van der Waals surface area contributed by atoms with E-state index in [0.717, 1.165) is 44.9 Å². The molecule has 4 saturated carbocycles. The van der Waals surface area contributed by atoms with Crippen LogP contribution in [0.3, 0.4) is 0 Å². The van der Waals surface area contributed by atoms with Crippen molar-refractivity contribution in [2.45, 2.75) is 77.7 Å². The highest BCUT2D eigenvalue weighted by molar-refractivity contribution is 7.80. The molecule has 4 aliphatic carbocycles. The fourth-order valence-electron chi connectivity index (χ4n) is 7.24. The molecule has 0 aromatic rings. The highest BCUT2D eigenvalue weighted by atomic mass is 32.3. The minimum Gasteiger partial charge on any atom is -0.726 e. The van der Waals surface area contributed by atoms with Gasteiger partial charge in [0.2, 0.25) is 10.4 Å². The van der Waals surface area contributed by atoms with Crippen LogP contribution in [0.2, 0.25) is 0 Å². The van der Waals surface area contributed by atoms with Crippen LogP contribution in [0.4, 0.5) is 0 Å². The van der Waals surface area contributed by atoms with E-state index in [1.807, 2.05) is 0 Å². The number of ketones is 1. The van der Waals surface area contributed by atoms with Crippen LogP contribution in [-0.2, 0) is 19.4 Å². The van der Waals surface area contributed by atoms with Gasteiger partial charge in [-0.15, -0.1) is 0 Å². The Morgan fingerprint density at radius 2 is 1.80 bits per heavy atom. The highest BCUT2D eigenvalue weighted by Crippen LogP contribution is 2.65. The minimum absolute atomic E-state index is 0.0959. The molecule has 0 saturated heterocycles. The molecule has 0 aliphatic heterocycles. The van der Waals surface area contributed by atoms with Gasteiger partial charge in [-0.25, -0.2) is 8.42 Å². The summed E-state index contributed by atoms with van der Waals surface area (Å²) in [6.45, 7) is 4.57. The molecule has 6 heteroatoms. The fourth-order valence-corrected chi connectivity index (χ4v) is 7.75. The molecule has 0 amide bonds. The van der Waals surface area contributed by atoms with Gasteiger partial charge in [0.25, 0.3) is 0 Å². The van der Waals surface area contributed by atoms with E-state index < -0.39 is 16.5 Å². The van der Waals surface area contributed by atoms with E-state index in [1.54, 1.807) is 0 Å². The second kappa shape index (κ2) is 5.77. The number of rotatable bonds is 2. The summed E-state index contributed by atoms with van der Waals surface area (Å²) in [6.07, 6.45) is 7.94. The maximum Gasteiger partial charge on any atom is 0.217 e. The SMILES string of the molecule is C[C@]12CC[C@H](OS(=O)(=O)[O-])C[C@@H]1CC[C@@H]1[C@@H]2CC[C@]2(C)C(=O)CC[C@@H]12. The van der Waals surface area contributed by atoms with Crippen LogP contribution in [0.25, 0.3) is 0 Å². The summed E-state index contributed by atoms with van der Waals surface area (Å²) in [5.41, 5.74) is 0.101. The number of hydrogen-bond acceptors (Lipinski definition) is 5. The Morgan fingerprint density at radius 1 is 1.04 bits per heavy atom. The van der Waals surface area contributed by atoms with Crippen molar-refractivity contribution in [3.63, 3.8) is 0 Å². The zero-order valence-electron chi connectivity index (χ0n) is 15.2. The Hall–Kier alpha value is -0.460. The highest BCUT2D eigenvalue weighted by Gasteiger charge is 2.60. The first-order chi connectivity index (χ1) is 11.6. The van der Waals surface area contributed by atoms with Gasteiger partial charge in [-0.2, -0.15) is 0 Å². The molecule has 0 aromatic carbocycles. The van der Waals surface area contributed by atoms with Crippen LogP contribution < -0.4 is 0 Å². The van der Waals surface area contributed by atoms with E-state index in [2.05, 4.69) is 13.8 Å². The molecule has 0 aromatic heterocycles. The maximum absolute atomic E-state index is 12.4. The number of carbonyl (C=O) groups is 1. The summed E-state index contributed by atoms with van der Waals surface area (Å²) >= 11 is 0. The molecule has 0 bridgehead atoms. The standard InChI is InChI=1S/C19H30O5S/c1-18-9-7-13(24-25(21,22)23)11-12(18)3-4-14-15-5-6-17(20)19(15,2)10-8-16(14)18/h12-16H,3-11H2,1-2H3,(H,21,22,23)/p-1/t12-,13-,14-,15-,16-,18-,19-/m0/s1. The number of fused-ring (bicyclic) bond motifs is 5. The van der Waals surface area contributed by atoms with Gasteiger partial charge in [0.1, 0.15) is 5.78 Å². The molecule has 142 valence electrons. The van der Waals surface area contributed by atoms with Crippen LogP contribution >= 0.6 is 0 Å². The Kier molecular flexibility index (Phi) is 4.14.